The highest BCUT2D eigenvalue weighted by atomic mass is 32.1. The molecule has 1 aliphatic carbocycles. The molecule has 0 aliphatic heterocycles. The number of nitrogens with zero attached hydrogens (tertiary/aromatic N) is 1. The quantitative estimate of drug-likeness (QED) is 0.915. The van der Waals surface area contributed by atoms with Crippen LogP contribution in [-0.2, 0) is 12.0 Å². The molecule has 0 bridgehead atoms. The van der Waals surface area contributed by atoms with Crippen molar-refractivity contribution >= 4 is 17.2 Å². The number of thiazole rings is 1. The van der Waals surface area contributed by atoms with Gasteiger partial charge in [0.05, 0.1) is 17.2 Å². The number of aliphatic hydroxyl groups is 1. The van der Waals surface area contributed by atoms with Crippen LogP contribution in [0.1, 0.15) is 44.3 Å². The van der Waals surface area contributed by atoms with Crippen molar-refractivity contribution in [3.05, 3.63) is 51.0 Å². The van der Waals surface area contributed by atoms with E-state index in [0.29, 0.717) is 11.3 Å². The molecule has 116 valence electrons. The number of rotatable bonds is 3. The molecular weight excluding hydrogens is 296 g/mol. The van der Waals surface area contributed by atoms with Crippen LogP contribution < -0.4 is 5.32 Å². The van der Waals surface area contributed by atoms with Crippen molar-refractivity contribution in [2.45, 2.75) is 38.7 Å². The fraction of sp³-hybridized carbons (Fsp3) is 0.412. The molecule has 5 heteroatoms. The summed E-state index contributed by atoms with van der Waals surface area (Å²) in [6.45, 7) is 3.96. The average Bonchev–Trinajstić information content (AvgIpc) is 2.84. The monoisotopic (exact) mass is 316 g/mol. The molecule has 3 rings (SSSR count). The molecule has 1 amide bonds. The number of benzene rings is 1. The van der Waals surface area contributed by atoms with Crippen LogP contribution in [0.5, 0.6) is 0 Å². The minimum absolute atomic E-state index is 0.153. The van der Waals surface area contributed by atoms with Gasteiger partial charge in [-0.1, -0.05) is 24.3 Å². The minimum atomic E-state index is -0.974. The number of amides is 1. The molecule has 0 radical (unpaired) electrons. The van der Waals surface area contributed by atoms with Gasteiger partial charge in [-0.3, -0.25) is 4.79 Å². The zero-order chi connectivity index (χ0) is 15.7. The van der Waals surface area contributed by atoms with Crippen molar-refractivity contribution in [3.8, 4) is 0 Å². The third-order valence-corrected chi connectivity index (χ3v) is 5.28. The molecule has 1 aromatic carbocycles. The summed E-state index contributed by atoms with van der Waals surface area (Å²) in [5.41, 5.74) is 1.89. The summed E-state index contributed by atoms with van der Waals surface area (Å²) in [6.07, 6.45) is 2.59. The maximum atomic E-state index is 12.3. The first-order valence-corrected chi connectivity index (χ1v) is 8.34. The Hall–Kier alpha value is -1.72. The minimum Gasteiger partial charge on any atom is -0.383 e. The summed E-state index contributed by atoms with van der Waals surface area (Å²) >= 11 is 1.39. The SMILES string of the molecule is Cc1nc(C)c(C(=O)NCC2(O)CCCc3ccccc32)s1. The average molecular weight is 316 g/mol. The van der Waals surface area contributed by atoms with Gasteiger partial charge >= 0.3 is 0 Å². The number of aromatic nitrogens is 1. The zero-order valence-electron chi connectivity index (χ0n) is 12.8. The first kappa shape index (κ1) is 15.2. The number of nitrogens with one attached hydrogen (secondary N) is 1. The van der Waals surface area contributed by atoms with Crippen LogP contribution in [0.3, 0.4) is 0 Å². The third-order valence-electron chi connectivity index (χ3n) is 4.21. The lowest BCUT2D eigenvalue weighted by molar-refractivity contribution is 0.0190. The number of hydrogen-bond acceptors (Lipinski definition) is 4. The smallest absolute Gasteiger partial charge is 0.263 e. The Labute approximate surface area is 134 Å². The van der Waals surface area contributed by atoms with E-state index in [0.717, 1.165) is 29.1 Å². The van der Waals surface area contributed by atoms with Gasteiger partial charge in [0.25, 0.3) is 5.91 Å². The first-order chi connectivity index (χ1) is 10.5. The van der Waals surface area contributed by atoms with E-state index >= 15 is 0 Å². The fourth-order valence-electron chi connectivity index (χ4n) is 3.13. The number of fused-ring (bicyclic) bond motifs is 1. The van der Waals surface area contributed by atoms with E-state index in [1.807, 2.05) is 32.0 Å². The first-order valence-electron chi connectivity index (χ1n) is 7.52. The summed E-state index contributed by atoms with van der Waals surface area (Å²) < 4.78 is 0. The third kappa shape index (κ3) is 2.78. The summed E-state index contributed by atoms with van der Waals surface area (Å²) in [6, 6.07) is 7.95. The Morgan fingerprint density at radius 2 is 2.18 bits per heavy atom. The molecule has 0 saturated heterocycles. The van der Waals surface area contributed by atoms with Gasteiger partial charge in [-0.25, -0.2) is 4.98 Å². The summed E-state index contributed by atoms with van der Waals surface area (Å²) in [7, 11) is 0. The van der Waals surface area contributed by atoms with Crippen LogP contribution in [0.2, 0.25) is 0 Å². The van der Waals surface area contributed by atoms with Crippen molar-refractivity contribution < 1.29 is 9.90 Å². The van der Waals surface area contributed by atoms with E-state index in [4.69, 9.17) is 0 Å². The lowest BCUT2D eigenvalue weighted by Crippen LogP contribution is -2.42. The van der Waals surface area contributed by atoms with Crippen LogP contribution in [0, 0.1) is 13.8 Å². The van der Waals surface area contributed by atoms with Crippen molar-refractivity contribution in [2.24, 2.45) is 0 Å². The van der Waals surface area contributed by atoms with Crippen LogP contribution >= 0.6 is 11.3 Å². The van der Waals surface area contributed by atoms with Crippen molar-refractivity contribution in [1.82, 2.24) is 10.3 Å². The summed E-state index contributed by atoms with van der Waals surface area (Å²) in [4.78, 5) is 17.2. The number of carbonyl (C=O) groups excluding carboxylic acids is 1. The molecule has 0 fully saturated rings. The van der Waals surface area contributed by atoms with Gasteiger partial charge in [0.1, 0.15) is 10.5 Å². The van der Waals surface area contributed by atoms with Crippen LogP contribution in [-0.4, -0.2) is 22.5 Å². The highest BCUT2D eigenvalue weighted by Gasteiger charge is 2.34. The molecule has 1 atom stereocenters. The second-order valence-corrected chi connectivity index (χ2v) is 7.08. The number of aryl methyl sites for hydroxylation is 3. The van der Waals surface area contributed by atoms with Crippen molar-refractivity contribution in [2.75, 3.05) is 6.54 Å². The topological polar surface area (TPSA) is 62.2 Å². The van der Waals surface area contributed by atoms with Gasteiger partial charge in [0.15, 0.2) is 0 Å². The summed E-state index contributed by atoms with van der Waals surface area (Å²) in [5.74, 6) is -0.153. The van der Waals surface area contributed by atoms with E-state index < -0.39 is 5.60 Å². The molecule has 1 heterocycles. The maximum absolute atomic E-state index is 12.3. The molecule has 4 nitrogen and oxygen atoms in total. The predicted octanol–water partition coefficient (Wildman–Crippen LogP) is 2.71. The Bertz CT molecular complexity index is 710. The van der Waals surface area contributed by atoms with Gasteiger partial charge in [0, 0.05) is 0 Å². The molecular formula is C17H20N2O2S. The highest BCUT2D eigenvalue weighted by Crippen LogP contribution is 2.34. The number of carbonyl (C=O) groups is 1. The van der Waals surface area contributed by atoms with Crippen LogP contribution in [0.25, 0.3) is 0 Å². The van der Waals surface area contributed by atoms with E-state index in [9.17, 15) is 9.90 Å². The second-order valence-electron chi connectivity index (χ2n) is 5.87. The molecule has 1 aliphatic rings. The molecule has 1 aromatic heterocycles. The van der Waals surface area contributed by atoms with Gasteiger partial charge in [-0.05, 0) is 44.2 Å². The highest BCUT2D eigenvalue weighted by molar-refractivity contribution is 7.13. The fourth-order valence-corrected chi connectivity index (χ4v) is 3.97. The molecule has 1 unspecified atom stereocenters. The molecule has 0 spiro atoms. The lowest BCUT2D eigenvalue weighted by atomic mass is 9.79. The van der Waals surface area contributed by atoms with Gasteiger partial charge in [-0.15, -0.1) is 11.3 Å². The molecule has 2 aromatic rings. The molecule has 0 saturated carbocycles. The van der Waals surface area contributed by atoms with Gasteiger partial charge in [-0.2, -0.15) is 0 Å². The normalized spacial score (nSPS) is 20.5. The Kier molecular flexibility index (Phi) is 4.02. The standard InChI is InChI=1S/C17H20N2O2S/c1-11-15(22-12(2)19-11)16(20)18-10-17(21)9-5-7-13-6-3-4-8-14(13)17/h3-4,6,8,21H,5,7,9-10H2,1-2H3,(H,18,20). The van der Waals surface area contributed by atoms with E-state index in [1.54, 1.807) is 0 Å². The Morgan fingerprint density at radius 3 is 2.91 bits per heavy atom. The van der Waals surface area contributed by atoms with E-state index in [2.05, 4.69) is 16.4 Å². The number of hydrogen-bond donors (Lipinski definition) is 2. The van der Waals surface area contributed by atoms with Crippen molar-refractivity contribution in [1.29, 1.82) is 0 Å². The van der Waals surface area contributed by atoms with Crippen LogP contribution in [0.15, 0.2) is 24.3 Å². The van der Waals surface area contributed by atoms with Gasteiger partial charge < -0.3 is 10.4 Å². The second kappa shape index (κ2) is 5.82. The molecule has 22 heavy (non-hydrogen) atoms. The Morgan fingerprint density at radius 1 is 1.41 bits per heavy atom. The van der Waals surface area contributed by atoms with Crippen molar-refractivity contribution in [3.63, 3.8) is 0 Å². The van der Waals surface area contributed by atoms with Gasteiger partial charge in [0.2, 0.25) is 0 Å². The molecule has 2 N–H and O–H groups in total. The van der Waals surface area contributed by atoms with E-state index in [1.165, 1.54) is 16.9 Å². The lowest BCUT2D eigenvalue weighted by Gasteiger charge is -2.34. The van der Waals surface area contributed by atoms with Crippen LogP contribution in [0.4, 0.5) is 0 Å². The maximum Gasteiger partial charge on any atom is 0.263 e. The predicted molar refractivity (Wildman–Crippen MR) is 87.2 cm³/mol. The Balaban J connectivity index is 1.76. The zero-order valence-corrected chi connectivity index (χ0v) is 13.7. The van der Waals surface area contributed by atoms with E-state index in [-0.39, 0.29) is 12.5 Å². The summed E-state index contributed by atoms with van der Waals surface area (Å²) in [5, 5.41) is 14.7. The largest absolute Gasteiger partial charge is 0.383 e.